The summed E-state index contributed by atoms with van der Waals surface area (Å²) in [6.45, 7) is 4.31. The van der Waals surface area contributed by atoms with E-state index in [-0.39, 0.29) is 18.3 Å². The Bertz CT molecular complexity index is 841. The van der Waals surface area contributed by atoms with Crippen molar-refractivity contribution < 1.29 is 13.9 Å². The number of rotatable bonds is 5. The molecule has 5 heteroatoms. The van der Waals surface area contributed by atoms with Crippen LogP contribution in [-0.2, 0) is 6.61 Å². The van der Waals surface area contributed by atoms with Crippen molar-refractivity contribution in [1.29, 1.82) is 0 Å². The molecule has 0 saturated carbocycles. The summed E-state index contributed by atoms with van der Waals surface area (Å²) in [5.41, 5.74) is 2.92. The molecule has 0 saturated heterocycles. The number of hydrogen-bond donors (Lipinski definition) is 1. The second-order valence-electron chi connectivity index (χ2n) is 5.51. The van der Waals surface area contributed by atoms with Gasteiger partial charge >= 0.3 is 0 Å². The summed E-state index contributed by atoms with van der Waals surface area (Å²) in [6, 6.07) is 12.8. The van der Waals surface area contributed by atoms with Gasteiger partial charge in [-0.15, -0.1) is 0 Å². The number of pyridine rings is 1. The minimum Gasteiger partial charge on any atom is -0.485 e. The van der Waals surface area contributed by atoms with E-state index in [1.807, 2.05) is 26.0 Å². The van der Waals surface area contributed by atoms with Crippen LogP contribution in [0.3, 0.4) is 0 Å². The van der Waals surface area contributed by atoms with Crippen LogP contribution in [0.2, 0.25) is 0 Å². The molecule has 1 N–H and O–H groups in total. The number of hydrogen-bond acceptors (Lipinski definition) is 4. The van der Waals surface area contributed by atoms with Crippen LogP contribution in [0.1, 0.15) is 27.4 Å². The number of ether oxygens (including phenoxy) is 1. The molecule has 2 aromatic heterocycles. The van der Waals surface area contributed by atoms with Crippen LogP contribution in [0.4, 0.5) is 5.69 Å². The predicted octanol–water partition coefficient (Wildman–Crippen LogP) is 4.12. The van der Waals surface area contributed by atoms with E-state index in [1.54, 1.807) is 36.7 Å². The third-order valence-corrected chi connectivity index (χ3v) is 3.52. The normalized spacial score (nSPS) is 10.4. The Balaban J connectivity index is 1.62. The maximum atomic E-state index is 12.1. The number of carbonyl (C=O) groups excluding carboxylic acids is 1. The first-order valence-electron chi connectivity index (χ1n) is 7.62. The number of benzene rings is 1. The van der Waals surface area contributed by atoms with Gasteiger partial charge in [-0.1, -0.05) is 17.7 Å². The molecule has 0 spiro atoms. The van der Waals surface area contributed by atoms with Gasteiger partial charge in [-0.3, -0.25) is 9.78 Å². The molecule has 0 fully saturated rings. The highest BCUT2D eigenvalue weighted by molar-refractivity contribution is 6.02. The van der Waals surface area contributed by atoms with Gasteiger partial charge < -0.3 is 14.5 Å². The van der Waals surface area contributed by atoms with Gasteiger partial charge in [0.1, 0.15) is 18.1 Å². The number of anilines is 1. The number of nitrogens with zero attached hydrogens (tertiary/aromatic N) is 1. The lowest BCUT2D eigenvalue weighted by Gasteiger charge is -2.08. The lowest BCUT2D eigenvalue weighted by Crippen LogP contribution is -2.10. The third-order valence-electron chi connectivity index (χ3n) is 3.52. The molecule has 3 rings (SSSR count). The SMILES string of the molecule is Cc1ccc(OCc2ccc(C(=O)Nc3ccncc3)o2)c(C)c1. The van der Waals surface area contributed by atoms with Crippen molar-refractivity contribution >= 4 is 11.6 Å². The second-order valence-corrected chi connectivity index (χ2v) is 5.51. The fourth-order valence-electron chi connectivity index (χ4n) is 2.32. The molecule has 0 unspecified atom stereocenters. The Hall–Kier alpha value is -3.08. The topological polar surface area (TPSA) is 64.4 Å². The molecular weight excluding hydrogens is 304 g/mol. The lowest BCUT2D eigenvalue weighted by atomic mass is 10.1. The average Bonchev–Trinajstić information content (AvgIpc) is 3.04. The molecule has 0 aliphatic rings. The number of nitrogens with one attached hydrogen (secondary N) is 1. The van der Waals surface area contributed by atoms with Gasteiger partial charge in [0.15, 0.2) is 5.76 Å². The van der Waals surface area contributed by atoms with Crippen LogP contribution in [0.15, 0.2) is 59.3 Å². The van der Waals surface area contributed by atoms with Gasteiger partial charge in [-0.2, -0.15) is 0 Å². The van der Waals surface area contributed by atoms with E-state index < -0.39 is 0 Å². The molecule has 5 nitrogen and oxygen atoms in total. The zero-order chi connectivity index (χ0) is 16.9. The van der Waals surface area contributed by atoms with Crippen molar-refractivity contribution in [2.24, 2.45) is 0 Å². The molecule has 0 bridgehead atoms. The minimum absolute atomic E-state index is 0.242. The standard InChI is InChI=1S/C19H18N2O3/c1-13-3-5-17(14(2)11-13)23-12-16-4-6-18(24-16)19(22)21-15-7-9-20-10-8-15/h3-11H,12H2,1-2H3,(H,20,21,22). The van der Waals surface area contributed by atoms with E-state index in [2.05, 4.69) is 16.4 Å². The average molecular weight is 322 g/mol. The molecule has 0 aliphatic carbocycles. The maximum Gasteiger partial charge on any atom is 0.291 e. The van der Waals surface area contributed by atoms with Gasteiger partial charge in [0.2, 0.25) is 0 Å². The molecule has 1 aromatic carbocycles. The Morgan fingerprint density at radius 1 is 1.12 bits per heavy atom. The van der Waals surface area contributed by atoms with E-state index in [9.17, 15) is 4.79 Å². The maximum absolute atomic E-state index is 12.1. The van der Waals surface area contributed by atoms with Crippen molar-refractivity contribution in [2.45, 2.75) is 20.5 Å². The summed E-state index contributed by atoms with van der Waals surface area (Å²) in [6.07, 6.45) is 3.22. The molecule has 0 aliphatic heterocycles. The van der Waals surface area contributed by atoms with E-state index >= 15 is 0 Å². The highest BCUT2D eigenvalue weighted by Gasteiger charge is 2.12. The van der Waals surface area contributed by atoms with Crippen LogP contribution in [0.25, 0.3) is 0 Å². The van der Waals surface area contributed by atoms with Crippen molar-refractivity contribution in [3.63, 3.8) is 0 Å². The number of aromatic nitrogens is 1. The highest BCUT2D eigenvalue weighted by atomic mass is 16.5. The summed E-state index contributed by atoms with van der Waals surface area (Å²) < 4.78 is 11.3. The molecule has 0 radical (unpaired) electrons. The number of aryl methyl sites for hydroxylation is 2. The van der Waals surface area contributed by atoms with Gasteiger partial charge in [0, 0.05) is 18.1 Å². The fourth-order valence-corrected chi connectivity index (χ4v) is 2.32. The number of carbonyl (C=O) groups is 1. The number of furan rings is 1. The van der Waals surface area contributed by atoms with E-state index in [0.717, 1.165) is 11.3 Å². The number of amides is 1. The fraction of sp³-hybridized carbons (Fsp3) is 0.158. The first-order chi connectivity index (χ1) is 11.6. The highest BCUT2D eigenvalue weighted by Crippen LogP contribution is 2.20. The van der Waals surface area contributed by atoms with Crippen LogP contribution < -0.4 is 10.1 Å². The van der Waals surface area contributed by atoms with Crippen molar-refractivity contribution in [3.8, 4) is 5.75 Å². The Labute approximate surface area is 140 Å². The quantitative estimate of drug-likeness (QED) is 0.767. The Morgan fingerprint density at radius 2 is 1.92 bits per heavy atom. The van der Waals surface area contributed by atoms with Crippen LogP contribution in [0, 0.1) is 13.8 Å². The summed E-state index contributed by atoms with van der Waals surface area (Å²) >= 11 is 0. The minimum atomic E-state index is -0.307. The van der Waals surface area contributed by atoms with Crippen LogP contribution >= 0.6 is 0 Å². The molecule has 3 aromatic rings. The lowest BCUT2D eigenvalue weighted by molar-refractivity contribution is 0.0992. The van der Waals surface area contributed by atoms with Gasteiger partial charge in [-0.05, 0) is 49.7 Å². The van der Waals surface area contributed by atoms with Crippen LogP contribution in [0.5, 0.6) is 5.75 Å². The second kappa shape index (κ2) is 7.00. The van der Waals surface area contributed by atoms with E-state index in [1.165, 1.54) is 5.56 Å². The van der Waals surface area contributed by atoms with E-state index in [4.69, 9.17) is 9.15 Å². The predicted molar refractivity (Wildman–Crippen MR) is 91.1 cm³/mol. The zero-order valence-corrected chi connectivity index (χ0v) is 13.6. The van der Waals surface area contributed by atoms with Crippen LogP contribution in [-0.4, -0.2) is 10.9 Å². The molecule has 24 heavy (non-hydrogen) atoms. The van der Waals surface area contributed by atoms with Crippen molar-refractivity contribution in [2.75, 3.05) is 5.32 Å². The molecular formula is C19H18N2O3. The van der Waals surface area contributed by atoms with E-state index in [0.29, 0.717) is 11.4 Å². The monoisotopic (exact) mass is 322 g/mol. The molecule has 122 valence electrons. The molecule has 1 amide bonds. The van der Waals surface area contributed by atoms with Crippen molar-refractivity contribution in [1.82, 2.24) is 4.98 Å². The van der Waals surface area contributed by atoms with Crippen molar-refractivity contribution in [3.05, 3.63) is 77.5 Å². The molecule has 2 heterocycles. The molecule has 0 atom stereocenters. The first-order valence-corrected chi connectivity index (χ1v) is 7.62. The summed E-state index contributed by atoms with van der Waals surface area (Å²) in [4.78, 5) is 16.0. The van der Waals surface area contributed by atoms with Gasteiger partial charge in [-0.25, -0.2) is 0 Å². The Kier molecular flexibility index (Phi) is 4.61. The first kappa shape index (κ1) is 15.8. The zero-order valence-electron chi connectivity index (χ0n) is 13.6. The van der Waals surface area contributed by atoms with Gasteiger partial charge in [0.25, 0.3) is 5.91 Å². The summed E-state index contributed by atoms with van der Waals surface area (Å²) in [5.74, 6) is 1.33. The summed E-state index contributed by atoms with van der Waals surface area (Å²) in [7, 11) is 0. The Morgan fingerprint density at radius 3 is 2.67 bits per heavy atom. The van der Waals surface area contributed by atoms with Gasteiger partial charge in [0.05, 0.1) is 0 Å². The smallest absolute Gasteiger partial charge is 0.291 e. The largest absolute Gasteiger partial charge is 0.485 e. The third kappa shape index (κ3) is 3.81. The summed E-state index contributed by atoms with van der Waals surface area (Å²) in [5, 5.41) is 2.75.